The van der Waals surface area contributed by atoms with Crippen LogP contribution in [0.1, 0.15) is 37.4 Å². The number of benzene rings is 2. The zero-order valence-electron chi connectivity index (χ0n) is 13.4. The van der Waals surface area contributed by atoms with Gasteiger partial charge < -0.3 is 5.73 Å². The monoisotopic (exact) mass is 292 g/mol. The number of likely N-dealkylation sites (tertiary alicyclic amines) is 1. The summed E-state index contributed by atoms with van der Waals surface area (Å²) in [5, 5.41) is 0. The van der Waals surface area contributed by atoms with E-state index in [1.54, 1.807) is 0 Å². The van der Waals surface area contributed by atoms with E-state index in [0.29, 0.717) is 12.1 Å². The fourth-order valence-corrected chi connectivity index (χ4v) is 4.16. The smallest absolute Gasteiger partial charge is 0.0614 e. The molecule has 2 aromatic rings. The second kappa shape index (κ2) is 4.94. The maximum Gasteiger partial charge on any atom is 0.0614 e. The Labute approximate surface area is 132 Å². The molecule has 1 aliphatic carbocycles. The van der Waals surface area contributed by atoms with Gasteiger partial charge in [-0.3, -0.25) is 4.90 Å². The van der Waals surface area contributed by atoms with Crippen molar-refractivity contribution < 1.29 is 0 Å². The lowest BCUT2D eigenvalue weighted by Gasteiger charge is -2.45. The van der Waals surface area contributed by atoms with Gasteiger partial charge in [0.25, 0.3) is 0 Å². The topological polar surface area (TPSA) is 29.3 Å². The molecule has 0 spiro atoms. The molecule has 0 radical (unpaired) electrons. The molecule has 0 bridgehead atoms. The van der Waals surface area contributed by atoms with Crippen molar-refractivity contribution in [2.24, 2.45) is 11.1 Å². The largest absolute Gasteiger partial charge is 0.327 e. The Balaban J connectivity index is 1.79. The summed E-state index contributed by atoms with van der Waals surface area (Å²) in [4.78, 5) is 2.63. The molecular weight excluding hydrogens is 268 g/mol. The van der Waals surface area contributed by atoms with Crippen molar-refractivity contribution >= 4 is 0 Å². The number of piperidine rings is 1. The average molecular weight is 292 g/mol. The van der Waals surface area contributed by atoms with E-state index in [9.17, 15) is 0 Å². The first-order valence-electron chi connectivity index (χ1n) is 8.26. The Morgan fingerprint density at radius 1 is 0.955 bits per heavy atom. The summed E-state index contributed by atoms with van der Waals surface area (Å²) in [7, 11) is 0. The summed E-state index contributed by atoms with van der Waals surface area (Å²) in [5.74, 6) is 0. The molecule has 2 heteroatoms. The van der Waals surface area contributed by atoms with Crippen LogP contribution in [0.2, 0.25) is 0 Å². The minimum Gasteiger partial charge on any atom is -0.327 e. The molecule has 0 amide bonds. The highest BCUT2D eigenvalue weighted by Crippen LogP contribution is 2.47. The molecule has 22 heavy (non-hydrogen) atoms. The van der Waals surface area contributed by atoms with Crippen LogP contribution >= 0.6 is 0 Å². The normalized spacial score (nSPS) is 24.0. The maximum absolute atomic E-state index is 6.34. The van der Waals surface area contributed by atoms with E-state index in [1.165, 1.54) is 22.3 Å². The van der Waals surface area contributed by atoms with Crippen molar-refractivity contribution in [2.75, 3.05) is 13.1 Å². The summed E-state index contributed by atoms with van der Waals surface area (Å²) in [5.41, 5.74) is 12.2. The van der Waals surface area contributed by atoms with Crippen molar-refractivity contribution in [3.05, 3.63) is 59.7 Å². The third-order valence-electron chi connectivity index (χ3n) is 5.51. The molecule has 2 aromatic carbocycles. The molecule has 2 aliphatic rings. The van der Waals surface area contributed by atoms with Gasteiger partial charge in [-0.25, -0.2) is 0 Å². The summed E-state index contributed by atoms with van der Waals surface area (Å²) in [6.07, 6.45) is 1.08. The van der Waals surface area contributed by atoms with Gasteiger partial charge in [0.1, 0.15) is 0 Å². The van der Waals surface area contributed by atoms with Crippen molar-refractivity contribution in [3.63, 3.8) is 0 Å². The Bertz CT molecular complexity index is 659. The highest BCUT2D eigenvalue weighted by molar-refractivity contribution is 5.78. The standard InChI is InChI=1S/C20H24N2/c1-20(2)13-22(12-11-18(20)21)19-16-9-5-3-7-14(16)15-8-4-6-10-17(15)19/h3-10,18-19H,11-13,21H2,1-2H3. The van der Waals surface area contributed by atoms with E-state index < -0.39 is 0 Å². The van der Waals surface area contributed by atoms with Crippen LogP contribution in [0.5, 0.6) is 0 Å². The Morgan fingerprint density at radius 3 is 2.05 bits per heavy atom. The van der Waals surface area contributed by atoms with Gasteiger partial charge in [0, 0.05) is 19.1 Å². The predicted molar refractivity (Wildman–Crippen MR) is 91.7 cm³/mol. The van der Waals surface area contributed by atoms with Crippen LogP contribution in [0, 0.1) is 5.41 Å². The van der Waals surface area contributed by atoms with E-state index in [4.69, 9.17) is 5.73 Å². The first-order chi connectivity index (χ1) is 10.6. The molecular formula is C20H24N2. The Hall–Kier alpha value is -1.64. The molecule has 1 saturated heterocycles. The fraction of sp³-hybridized carbons (Fsp3) is 0.400. The number of hydrogen-bond acceptors (Lipinski definition) is 2. The molecule has 0 aromatic heterocycles. The minimum absolute atomic E-state index is 0.171. The summed E-state index contributed by atoms with van der Waals surface area (Å²) >= 11 is 0. The lowest BCUT2D eigenvalue weighted by atomic mass is 9.78. The summed E-state index contributed by atoms with van der Waals surface area (Å²) in [6.45, 7) is 6.74. The van der Waals surface area contributed by atoms with Gasteiger partial charge >= 0.3 is 0 Å². The van der Waals surface area contributed by atoms with Gasteiger partial charge in [0.15, 0.2) is 0 Å². The number of nitrogens with zero attached hydrogens (tertiary/aromatic N) is 1. The molecule has 1 unspecified atom stereocenters. The van der Waals surface area contributed by atoms with Crippen LogP contribution in [0.3, 0.4) is 0 Å². The second-order valence-electron chi connectivity index (χ2n) is 7.43. The molecule has 0 saturated carbocycles. The van der Waals surface area contributed by atoms with E-state index >= 15 is 0 Å². The second-order valence-corrected chi connectivity index (χ2v) is 7.43. The summed E-state index contributed by atoms with van der Waals surface area (Å²) < 4.78 is 0. The SMILES string of the molecule is CC1(C)CN(C2c3ccccc3-c3ccccc32)CCC1N. The Kier molecular flexibility index (Phi) is 3.14. The van der Waals surface area contributed by atoms with Crippen LogP contribution in [-0.2, 0) is 0 Å². The van der Waals surface area contributed by atoms with Gasteiger partial charge in [-0.15, -0.1) is 0 Å². The van der Waals surface area contributed by atoms with Crippen LogP contribution in [-0.4, -0.2) is 24.0 Å². The quantitative estimate of drug-likeness (QED) is 0.866. The van der Waals surface area contributed by atoms with Crippen LogP contribution in [0.25, 0.3) is 11.1 Å². The van der Waals surface area contributed by atoms with Crippen LogP contribution in [0.4, 0.5) is 0 Å². The lowest BCUT2D eigenvalue weighted by molar-refractivity contribution is 0.0743. The highest BCUT2D eigenvalue weighted by atomic mass is 15.2. The molecule has 1 heterocycles. The highest BCUT2D eigenvalue weighted by Gasteiger charge is 2.40. The van der Waals surface area contributed by atoms with E-state index in [0.717, 1.165) is 19.5 Å². The summed E-state index contributed by atoms with van der Waals surface area (Å²) in [6, 6.07) is 18.4. The third-order valence-corrected chi connectivity index (χ3v) is 5.51. The van der Waals surface area contributed by atoms with Crippen molar-refractivity contribution in [1.29, 1.82) is 0 Å². The maximum atomic E-state index is 6.34. The average Bonchev–Trinajstić information content (AvgIpc) is 2.85. The molecule has 1 fully saturated rings. The zero-order chi connectivity index (χ0) is 15.3. The van der Waals surface area contributed by atoms with E-state index in [-0.39, 0.29) is 5.41 Å². The molecule has 114 valence electrons. The van der Waals surface area contributed by atoms with Crippen LogP contribution in [0.15, 0.2) is 48.5 Å². The van der Waals surface area contributed by atoms with Gasteiger partial charge in [-0.05, 0) is 34.1 Å². The molecule has 1 aliphatic heterocycles. The molecule has 1 atom stereocenters. The van der Waals surface area contributed by atoms with Crippen LogP contribution < -0.4 is 5.73 Å². The third kappa shape index (κ3) is 2.02. The predicted octanol–water partition coefficient (Wildman–Crippen LogP) is 3.82. The van der Waals surface area contributed by atoms with Gasteiger partial charge in [-0.1, -0.05) is 62.4 Å². The van der Waals surface area contributed by atoms with E-state index in [1.807, 2.05) is 0 Å². The molecule has 2 N–H and O–H groups in total. The molecule has 2 nitrogen and oxygen atoms in total. The molecule has 4 rings (SSSR count). The first kappa shape index (κ1) is 14.0. The number of fused-ring (bicyclic) bond motifs is 3. The van der Waals surface area contributed by atoms with Gasteiger partial charge in [0.05, 0.1) is 6.04 Å². The number of hydrogen-bond donors (Lipinski definition) is 1. The number of rotatable bonds is 1. The minimum atomic E-state index is 0.171. The van der Waals surface area contributed by atoms with E-state index in [2.05, 4.69) is 67.3 Å². The fourth-order valence-electron chi connectivity index (χ4n) is 4.16. The van der Waals surface area contributed by atoms with Gasteiger partial charge in [0.2, 0.25) is 0 Å². The van der Waals surface area contributed by atoms with Crippen molar-refractivity contribution in [1.82, 2.24) is 4.90 Å². The first-order valence-corrected chi connectivity index (χ1v) is 8.26. The van der Waals surface area contributed by atoms with Crippen molar-refractivity contribution in [2.45, 2.75) is 32.4 Å². The Morgan fingerprint density at radius 2 is 1.50 bits per heavy atom. The number of nitrogens with two attached hydrogens (primary N) is 1. The lowest BCUT2D eigenvalue weighted by Crippen LogP contribution is -2.53. The zero-order valence-corrected chi connectivity index (χ0v) is 13.4. The van der Waals surface area contributed by atoms with Crippen molar-refractivity contribution in [3.8, 4) is 11.1 Å². The van der Waals surface area contributed by atoms with Gasteiger partial charge in [-0.2, -0.15) is 0 Å².